The first kappa shape index (κ1) is 16.4. The minimum atomic E-state index is -0.170. The number of benzene rings is 2. The van der Waals surface area contributed by atoms with Crippen molar-refractivity contribution in [3.63, 3.8) is 0 Å². The zero-order valence-corrected chi connectivity index (χ0v) is 14.5. The van der Waals surface area contributed by atoms with Crippen LogP contribution in [0.4, 0.5) is 0 Å². The summed E-state index contributed by atoms with van der Waals surface area (Å²) in [5, 5.41) is 18.7. The molecule has 3 aromatic rings. The molecule has 26 heavy (non-hydrogen) atoms. The van der Waals surface area contributed by atoms with Crippen molar-refractivity contribution in [3.8, 4) is 11.4 Å². The lowest BCUT2D eigenvalue weighted by Gasteiger charge is -2.10. The highest BCUT2D eigenvalue weighted by molar-refractivity contribution is 6.30. The fraction of sp³-hybridized carbons (Fsp3) is 0.167. The van der Waals surface area contributed by atoms with Crippen LogP contribution in [0.15, 0.2) is 59.7 Å². The van der Waals surface area contributed by atoms with Gasteiger partial charge < -0.3 is 0 Å². The van der Waals surface area contributed by atoms with Crippen LogP contribution < -0.4 is 0 Å². The van der Waals surface area contributed by atoms with E-state index in [4.69, 9.17) is 11.6 Å². The highest BCUT2D eigenvalue weighted by Crippen LogP contribution is 2.17. The van der Waals surface area contributed by atoms with E-state index in [-0.39, 0.29) is 12.5 Å². The van der Waals surface area contributed by atoms with E-state index in [1.165, 1.54) is 9.81 Å². The van der Waals surface area contributed by atoms with Crippen molar-refractivity contribution >= 4 is 23.2 Å². The number of nitrogens with zero attached hydrogens (tertiary/aromatic N) is 6. The van der Waals surface area contributed by atoms with Gasteiger partial charge >= 0.3 is 0 Å². The second-order valence-corrected chi connectivity index (χ2v) is 6.27. The molecule has 2 heterocycles. The lowest BCUT2D eigenvalue weighted by atomic mass is 10.1. The van der Waals surface area contributed by atoms with E-state index >= 15 is 0 Å². The van der Waals surface area contributed by atoms with Crippen molar-refractivity contribution in [2.45, 2.75) is 13.0 Å². The van der Waals surface area contributed by atoms with Crippen LogP contribution in [0.3, 0.4) is 0 Å². The Hall–Kier alpha value is -3.06. The smallest absolute Gasteiger partial charge is 0.266 e. The summed E-state index contributed by atoms with van der Waals surface area (Å²) >= 11 is 5.88. The molecule has 7 nitrogen and oxygen atoms in total. The number of hydrogen-bond donors (Lipinski definition) is 0. The molecule has 1 aliphatic rings. The zero-order valence-electron chi connectivity index (χ0n) is 13.8. The van der Waals surface area contributed by atoms with Crippen LogP contribution in [0, 0.1) is 0 Å². The number of halogens is 1. The van der Waals surface area contributed by atoms with Crippen LogP contribution in [0.2, 0.25) is 5.02 Å². The minimum absolute atomic E-state index is 0.00778. The summed E-state index contributed by atoms with van der Waals surface area (Å²) in [6.07, 6.45) is 0.733. The Morgan fingerprint density at radius 3 is 2.58 bits per heavy atom. The van der Waals surface area contributed by atoms with E-state index in [2.05, 4.69) is 20.5 Å². The Morgan fingerprint density at radius 1 is 1.04 bits per heavy atom. The molecule has 0 radical (unpaired) electrons. The molecule has 0 aliphatic carbocycles. The van der Waals surface area contributed by atoms with Gasteiger partial charge in [-0.2, -0.15) is 9.90 Å². The van der Waals surface area contributed by atoms with E-state index in [1.807, 2.05) is 42.5 Å². The molecule has 2 aromatic carbocycles. The third-order valence-electron chi connectivity index (χ3n) is 4.03. The number of rotatable bonds is 4. The van der Waals surface area contributed by atoms with E-state index in [0.29, 0.717) is 17.4 Å². The van der Waals surface area contributed by atoms with E-state index in [0.717, 1.165) is 23.3 Å². The molecule has 0 unspecified atom stereocenters. The van der Waals surface area contributed by atoms with Gasteiger partial charge in [-0.3, -0.25) is 4.79 Å². The number of hydrogen-bond acceptors (Lipinski definition) is 5. The molecule has 4 rings (SSSR count). The van der Waals surface area contributed by atoms with Gasteiger partial charge in [0, 0.05) is 17.0 Å². The average molecular weight is 367 g/mol. The standard InChI is InChI=1S/C18H15ClN6O/c19-15-8-6-14(7-9-15)18-20-23-25(22-18)12-17(26)24-11-10-16(21-24)13-4-2-1-3-5-13/h1-9H,10-12H2. The molecule has 0 spiro atoms. The van der Waals surface area contributed by atoms with Gasteiger partial charge in [-0.15, -0.1) is 10.2 Å². The first-order chi connectivity index (χ1) is 12.7. The summed E-state index contributed by atoms with van der Waals surface area (Å²) < 4.78 is 0. The van der Waals surface area contributed by atoms with Crippen molar-refractivity contribution in [3.05, 3.63) is 65.2 Å². The van der Waals surface area contributed by atoms with Gasteiger partial charge in [0.1, 0.15) is 6.54 Å². The third kappa shape index (κ3) is 3.48. The molecule has 0 fully saturated rings. The quantitative estimate of drug-likeness (QED) is 0.711. The Balaban J connectivity index is 1.44. The summed E-state index contributed by atoms with van der Waals surface area (Å²) in [6.45, 7) is 0.550. The average Bonchev–Trinajstić information content (AvgIpc) is 3.33. The zero-order chi connectivity index (χ0) is 17.9. The van der Waals surface area contributed by atoms with Gasteiger partial charge in [0.2, 0.25) is 5.82 Å². The van der Waals surface area contributed by atoms with Crippen molar-refractivity contribution in [2.24, 2.45) is 5.10 Å². The Morgan fingerprint density at radius 2 is 1.81 bits per heavy atom. The summed E-state index contributed by atoms with van der Waals surface area (Å²) in [7, 11) is 0. The van der Waals surface area contributed by atoms with Gasteiger partial charge in [-0.1, -0.05) is 41.9 Å². The topological polar surface area (TPSA) is 76.3 Å². The van der Waals surface area contributed by atoms with Crippen molar-refractivity contribution in [2.75, 3.05) is 6.54 Å². The molecule has 0 N–H and O–H groups in total. The van der Waals surface area contributed by atoms with Gasteiger partial charge in [0.05, 0.1) is 12.3 Å². The third-order valence-corrected chi connectivity index (χ3v) is 4.28. The Kier molecular flexibility index (Phi) is 4.45. The van der Waals surface area contributed by atoms with E-state index in [9.17, 15) is 4.79 Å². The van der Waals surface area contributed by atoms with E-state index < -0.39 is 0 Å². The molecule has 8 heteroatoms. The first-order valence-corrected chi connectivity index (χ1v) is 8.54. The molecule has 0 saturated carbocycles. The summed E-state index contributed by atoms with van der Waals surface area (Å²) in [5.41, 5.74) is 2.73. The minimum Gasteiger partial charge on any atom is -0.271 e. The molecule has 1 aliphatic heterocycles. The molecule has 0 saturated heterocycles. The molecular formula is C18H15ClN6O. The van der Waals surface area contributed by atoms with Crippen LogP contribution in [0.1, 0.15) is 12.0 Å². The SMILES string of the molecule is O=C(Cn1nnc(-c2ccc(Cl)cc2)n1)N1CCC(c2ccccc2)=N1. The molecule has 1 amide bonds. The summed E-state index contributed by atoms with van der Waals surface area (Å²) in [5.74, 6) is 0.278. The number of amides is 1. The number of hydrazone groups is 1. The predicted octanol–water partition coefficient (Wildman–Crippen LogP) is 2.63. The van der Waals surface area contributed by atoms with Crippen LogP contribution >= 0.6 is 11.6 Å². The van der Waals surface area contributed by atoms with Crippen LogP contribution in [-0.4, -0.2) is 43.4 Å². The normalized spacial score (nSPS) is 13.7. The largest absolute Gasteiger partial charge is 0.271 e. The Labute approximate surface area is 154 Å². The van der Waals surface area contributed by atoms with Crippen LogP contribution in [0.25, 0.3) is 11.4 Å². The van der Waals surface area contributed by atoms with Gasteiger partial charge in [-0.25, -0.2) is 5.01 Å². The second-order valence-electron chi connectivity index (χ2n) is 5.83. The molecule has 0 atom stereocenters. The number of aromatic nitrogens is 4. The lowest BCUT2D eigenvalue weighted by molar-refractivity contribution is -0.131. The number of carbonyl (C=O) groups is 1. The van der Waals surface area contributed by atoms with Gasteiger partial charge in [0.15, 0.2) is 0 Å². The van der Waals surface area contributed by atoms with Gasteiger partial charge in [0.25, 0.3) is 5.91 Å². The highest BCUT2D eigenvalue weighted by Gasteiger charge is 2.22. The number of carbonyl (C=O) groups excluding carboxylic acids is 1. The molecule has 130 valence electrons. The van der Waals surface area contributed by atoms with E-state index in [1.54, 1.807) is 12.1 Å². The monoisotopic (exact) mass is 366 g/mol. The van der Waals surface area contributed by atoms with Gasteiger partial charge in [-0.05, 0) is 35.0 Å². The first-order valence-electron chi connectivity index (χ1n) is 8.16. The van der Waals surface area contributed by atoms with Crippen molar-refractivity contribution in [1.29, 1.82) is 0 Å². The molecular weight excluding hydrogens is 352 g/mol. The predicted molar refractivity (Wildman–Crippen MR) is 97.6 cm³/mol. The fourth-order valence-corrected chi connectivity index (χ4v) is 2.82. The fourth-order valence-electron chi connectivity index (χ4n) is 2.70. The van der Waals surface area contributed by atoms with Crippen molar-refractivity contribution in [1.82, 2.24) is 25.2 Å². The maximum absolute atomic E-state index is 12.5. The Bertz CT molecular complexity index is 951. The van der Waals surface area contributed by atoms with Crippen LogP contribution in [0.5, 0.6) is 0 Å². The number of tetrazole rings is 1. The second kappa shape index (κ2) is 7.05. The maximum atomic E-state index is 12.5. The lowest BCUT2D eigenvalue weighted by Crippen LogP contribution is -2.28. The molecule has 0 bridgehead atoms. The van der Waals surface area contributed by atoms with Crippen LogP contribution in [-0.2, 0) is 11.3 Å². The van der Waals surface area contributed by atoms with Crippen molar-refractivity contribution < 1.29 is 4.79 Å². The molecule has 1 aromatic heterocycles. The maximum Gasteiger partial charge on any atom is 0.266 e. The summed E-state index contributed by atoms with van der Waals surface area (Å²) in [4.78, 5) is 13.7. The highest BCUT2D eigenvalue weighted by atomic mass is 35.5. The summed E-state index contributed by atoms with van der Waals surface area (Å²) in [6, 6.07) is 17.0.